The van der Waals surface area contributed by atoms with Crippen molar-refractivity contribution >= 4 is 0 Å². The van der Waals surface area contributed by atoms with Gasteiger partial charge in [-0.05, 0) is 47.9 Å². The molecule has 0 fully saturated rings. The van der Waals surface area contributed by atoms with Crippen LogP contribution in [0, 0.1) is 5.82 Å². The number of fused-ring (bicyclic) bond motifs is 3. The van der Waals surface area contributed by atoms with Gasteiger partial charge in [-0.3, -0.25) is 4.57 Å². The summed E-state index contributed by atoms with van der Waals surface area (Å²) < 4.78 is 64.0. The number of aromatic nitrogens is 4. The van der Waals surface area contributed by atoms with Gasteiger partial charge < -0.3 is 9.47 Å². The molecule has 11 heteroatoms. The maximum atomic E-state index is 13.6. The molecule has 0 aliphatic carbocycles. The van der Waals surface area contributed by atoms with Gasteiger partial charge in [0.15, 0.2) is 5.75 Å². The van der Waals surface area contributed by atoms with Gasteiger partial charge in [0, 0.05) is 18.2 Å². The average molecular weight is 484 g/mol. The minimum absolute atomic E-state index is 0.0564. The van der Waals surface area contributed by atoms with E-state index in [-0.39, 0.29) is 24.1 Å². The zero-order valence-electron chi connectivity index (χ0n) is 17.9. The molecule has 35 heavy (non-hydrogen) atoms. The quantitative estimate of drug-likeness (QED) is 0.379. The van der Waals surface area contributed by atoms with Gasteiger partial charge in [0.2, 0.25) is 11.7 Å². The van der Waals surface area contributed by atoms with Crippen molar-refractivity contribution in [2.24, 2.45) is 0 Å². The Labute approximate surface area is 195 Å². The number of nitrogens with zero attached hydrogens (tertiary/aromatic N) is 4. The molecule has 7 nitrogen and oxygen atoms in total. The summed E-state index contributed by atoms with van der Waals surface area (Å²) in [6.45, 7) is 0.513. The Morgan fingerprint density at radius 1 is 0.971 bits per heavy atom. The molecule has 178 valence electrons. The lowest BCUT2D eigenvalue weighted by atomic mass is 9.98. The first-order valence-electron chi connectivity index (χ1n) is 10.5. The summed E-state index contributed by atoms with van der Waals surface area (Å²) in [5.41, 5.74) is 2.48. The largest absolute Gasteiger partial charge is 0.473 e. The summed E-state index contributed by atoms with van der Waals surface area (Å²) in [5.74, 6) is -1.01. The van der Waals surface area contributed by atoms with Crippen LogP contribution in [0.3, 0.4) is 0 Å². The van der Waals surface area contributed by atoms with E-state index in [0.29, 0.717) is 24.4 Å². The van der Waals surface area contributed by atoms with E-state index in [4.69, 9.17) is 9.47 Å². The van der Waals surface area contributed by atoms with Gasteiger partial charge in [-0.25, -0.2) is 19.2 Å². The Morgan fingerprint density at radius 3 is 2.43 bits per heavy atom. The average Bonchev–Trinajstić information content (AvgIpc) is 2.83. The number of rotatable bonds is 5. The second kappa shape index (κ2) is 8.82. The number of aryl methyl sites for hydroxylation is 1. The molecule has 0 amide bonds. The molecule has 0 spiro atoms. The van der Waals surface area contributed by atoms with Crippen LogP contribution in [-0.2, 0) is 25.7 Å². The van der Waals surface area contributed by atoms with Crippen molar-refractivity contribution in [3.63, 3.8) is 0 Å². The van der Waals surface area contributed by atoms with Gasteiger partial charge in [0.1, 0.15) is 18.2 Å². The van der Waals surface area contributed by atoms with Gasteiger partial charge in [-0.2, -0.15) is 18.2 Å². The van der Waals surface area contributed by atoms with Crippen LogP contribution in [0.25, 0.3) is 11.3 Å². The van der Waals surface area contributed by atoms with Crippen molar-refractivity contribution in [3.8, 4) is 28.6 Å². The molecular weight excluding hydrogens is 468 g/mol. The van der Waals surface area contributed by atoms with Crippen LogP contribution in [0.1, 0.15) is 17.0 Å². The Kier molecular flexibility index (Phi) is 5.67. The van der Waals surface area contributed by atoms with E-state index in [1.807, 2.05) is 0 Å². The fourth-order valence-electron chi connectivity index (χ4n) is 3.71. The molecule has 3 heterocycles. The molecule has 1 aliphatic heterocycles. The fraction of sp³-hybridized carbons (Fsp3) is 0.167. The lowest BCUT2D eigenvalue weighted by molar-refractivity contribution is -0.145. The Morgan fingerprint density at radius 2 is 1.71 bits per heavy atom. The number of hydrogen-bond acceptors (Lipinski definition) is 6. The highest BCUT2D eigenvalue weighted by Gasteiger charge is 2.34. The number of alkyl halides is 3. The summed E-state index contributed by atoms with van der Waals surface area (Å²) in [6, 6.07) is 12.7. The maximum absolute atomic E-state index is 13.6. The van der Waals surface area contributed by atoms with E-state index >= 15 is 0 Å². The Hall–Kier alpha value is -4.28. The van der Waals surface area contributed by atoms with E-state index < -0.39 is 17.7 Å². The SMILES string of the molecule is O=c1nc(OCc2ccc(Oc3cnc(C(F)(F)F)nc3)cc2)cc2n1CCc1cc(F)ccc1-2. The van der Waals surface area contributed by atoms with E-state index in [1.54, 1.807) is 36.4 Å². The molecule has 0 N–H and O–H groups in total. The number of hydrogen-bond donors (Lipinski definition) is 0. The van der Waals surface area contributed by atoms with Crippen molar-refractivity contribution < 1.29 is 27.0 Å². The summed E-state index contributed by atoms with van der Waals surface area (Å²) in [7, 11) is 0. The maximum Gasteiger partial charge on any atom is 0.451 e. The predicted octanol–water partition coefficient (Wildman–Crippen LogP) is 4.79. The predicted molar refractivity (Wildman–Crippen MR) is 115 cm³/mol. The van der Waals surface area contributed by atoms with Crippen molar-refractivity contribution in [2.45, 2.75) is 25.7 Å². The summed E-state index contributed by atoms with van der Waals surface area (Å²) in [4.78, 5) is 23.0. The summed E-state index contributed by atoms with van der Waals surface area (Å²) >= 11 is 0. The highest BCUT2D eigenvalue weighted by molar-refractivity contribution is 5.66. The molecule has 2 aromatic heterocycles. The molecule has 1 aliphatic rings. The van der Waals surface area contributed by atoms with Crippen LogP contribution in [0.15, 0.2) is 65.7 Å². The first-order chi connectivity index (χ1) is 16.8. The van der Waals surface area contributed by atoms with Gasteiger partial charge >= 0.3 is 11.9 Å². The summed E-state index contributed by atoms with van der Waals surface area (Å²) in [6.07, 6.45) is -2.20. The molecule has 2 aromatic carbocycles. The van der Waals surface area contributed by atoms with Gasteiger partial charge in [-0.15, -0.1) is 0 Å². The third-order valence-electron chi connectivity index (χ3n) is 5.36. The third-order valence-corrected chi connectivity index (χ3v) is 5.36. The lowest BCUT2D eigenvalue weighted by Gasteiger charge is -2.21. The molecule has 0 bridgehead atoms. The molecule has 5 rings (SSSR count). The van der Waals surface area contributed by atoms with Crippen LogP contribution in [-0.4, -0.2) is 19.5 Å². The minimum atomic E-state index is -4.63. The molecular formula is C24H16F4N4O3. The van der Waals surface area contributed by atoms with Crippen molar-refractivity contribution in [3.05, 3.63) is 94.2 Å². The van der Waals surface area contributed by atoms with E-state index in [9.17, 15) is 22.4 Å². The van der Waals surface area contributed by atoms with Crippen LogP contribution < -0.4 is 15.2 Å². The van der Waals surface area contributed by atoms with Gasteiger partial charge in [-0.1, -0.05) is 12.1 Å². The molecule has 0 saturated carbocycles. The number of ether oxygens (including phenoxy) is 2. The second-order valence-corrected chi connectivity index (χ2v) is 7.74. The van der Waals surface area contributed by atoms with Gasteiger partial charge in [0.25, 0.3) is 0 Å². The van der Waals surface area contributed by atoms with Crippen molar-refractivity contribution in [2.75, 3.05) is 0 Å². The molecule has 0 unspecified atom stereocenters. The standard InChI is InChI=1S/C24H16F4N4O3/c25-16-3-6-19-15(9-16)7-8-32-20(19)10-21(31-23(32)33)34-13-14-1-4-17(5-2-14)35-18-11-29-22(30-12-18)24(26,27)28/h1-6,9-12H,7-8,13H2. The molecule has 0 atom stereocenters. The first kappa shape index (κ1) is 22.5. The lowest BCUT2D eigenvalue weighted by Crippen LogP contribution is -2.28. The zero-order valence-corrected chi connectivity index (χ0v) is 17.9. The Balaban J connectivity index is 1.27. The number of benzene rings is 2. The van der Waals surface area contributed by atoms with Crippen LogP contribution >= 0.6 is 0 Å². The topological polar surface area (TPSA) is 79.1 Å². The van der Waals surface area contributed by atoms with E-state index in [1.165, 1.54) is 16.7 Å². The Bertz CT molecular complexity index is 1440. The normalized spacial score (nSPS) is 12.6. The van der Waals surface area contributed by atoms with Gasteiger partial charge in [0.05, 0.1) is 18.1 Å². The number of halogens is 4. The van der Waals surface area contributed by atoms with Crippen LogP contribution in [0.4, 0.5) is 17.6 Å². The third kappa shape index (κ3) is 4.84. The van der Waals surface area contributed by atoms with Crippen molar-refractivity contribution in [1.82, 2.24) is 19.5 Å². The zero-order chi connectivity index (χ0) is 24.6. The highest BCUT2D eigenvalue weighted by atomic mass is 19.4. The van der Waals surface area contributed by atoms with Crippen LogP contribution in [0.2, 0.25) is 0 Å². The monoisotopic (exact) mass is 484 g/mol. The van der Waals surface area contributed by atoms with Crippen molar-refractivity contribution in [1.29, 1.82) is 0 Å². The van der Waals surface area contributed by atoms with E-state index in [0.717, 1.165) is 29.1 Å². The molecule has 0 saturated heterocycles. The highest BCUT2D eigenvalue weighted by Crippen LogP contribution is 2.31. The molecule has 4 aromatic rings. The van der Waals surface area contributed by atoms with E-state index in [2.05, 4.69) is 15.0 Å². The fourth-order valence-corrected chi connectivity index (χ4v) is 3.71. The molecule has 0 radical (unpaired) electrons. The first-order valence-corrected chi connectivity index (χ1v) is 10.5. The second-order valence-electron chi connectivity index (χ2n) is 7.74. The van der Waals surface area contributed by atoms with Crippen LogP contribution in [0.5, 0.6) is 17.4 Å². The summed E-state index contributed by atoms with van der Waals surface area (Å²) in [5, 5.41) is 0. The smallest absolute Gasteiger partial charge is 0.451 e. The minimum Gasteiger partial charge on any atom is -0.473 e.